The third-order valence-corrected chi connectivity index (χ3v) is 3.75. The highest BCUT2D eigenvalue weighted by Crippen LogP contribution is 2.22. The van der Waals surface area contributed by atoms with Crippen molar-refractivity contribution >= 4 is 34.9 Å². The van der Waals surface area contributed by atoms with Crippen LogP contribution in [-0.4, -0.2) is 12.6 Å². The molecule has 0 saturated carbocycles. The Morgan fingerprint density at radius 1 is 1.14 bits per heavy atom. The van der Waals surface area contributed by atoms with Crippen LogP contribution in [0.25, 0.3) is 0 Å². The standard InChI is InChI=1S/C16H16Cl2N2O/c1-11-14(18)6-3-7-15(11)20-16(21)19-9-8-12-4-2-5-13(17)10-12/h2-7,10H,8-9H2,1H3,(H2,19,20,21). The summed E-state index contributed by atoms with van der Waals surface area (Å²) in [4.78, 5) is 11.8. The average Bonchev–Trinajstić information content (AvgIpc) is 2.44. The van der Waals surface area contributed by atoms with Gasteiger partial charge < -0.3 is 10.6 Å². The lowest BCUT2D eigenvalue weighted by atomic mass is 10.1. The molecule has 0 aliphatic heterocycles. The Labute approximate surface area is 134 Å². The van der Waals surface area contributed by atoms with Crippen LogP contribution in [-0.2, 0) is 6.42 Å². The zero-order valence-electron chi connectivity index (χ0n) is 11.6. The maximum Gasteiger partial charge on any atom is 0.319 e. The molecule has 0 aromatic heterocycles. The van der Waals surface area contributed by atoms with Gasteiger partial charge in [0.25, 0.3) is 0 Å². The van der Waals surface area contributed by atoms with Gasteiger partial charge in [-0.3, -0.25) is 0 Å². The Bertz CT molecular complexity index is 644. The monoisotopic (exact) mass is 322 g/mol. The van der Waals surface area contributed by atoms with E-state index in [1.54, 1.807) is 12.1 Å². The summed E-state index contributed by atoms with van der Waals surface area (Å²) in [5.74, 6) is 0. The van der Waals surface area contributed by atoms with Gasteiger partial charge >= 0.3 is 6.03 Å². The quantitative estimate of drug-likeness (QED) is 0.844. The van der Waals surface area contributed by atoms with Gasteiger partial charge in [-0.2, -0.15) is 0 Å². The summed E-state index contributed by atoms with van der Waals surface area (Å²) < 4.78 is 0. The van der Waals surface area contributed by atoms with Gasteiger partial charge in [-0.25, -0.2) is 4.79 Å². The fourth-order valence-electron chi connectivity index (χ4n) is 1.92. The molecule has 2 amide bonds. The summed E-state index contributed by atoms with van der Waals surface area (Å²) in [6.45, 7) is 2.40. The number of halogens is 2. The van der Waals surface area contributed by atoms with Gasteiger partial charge in [0.1, 0.15) is 0 Å². The van der Waals surface area contributed by atoms with Crippen molar-refractivity contribution in [1.82, 2.24) is 5.32 Å². The van der Waals surface area contributed by atoms with Crippen LogP contribution < -0.4 is 10.6 Å². The van der Waals surface area contributed by atoms with E-state index >= 15 is 0 Å². The smallest absolute Gasteiger partial charge is 0.319 e. The Morgan fingerprint density at radius 2 is 1.90 bits per heavy atom. The number of anilines is 1. The number of urea groups is 1. The van der Waals surface area contributed by atoms with Crippen molar-refractivity contribution in [3.63, 3.8) is 0 Å². The van der Waals surface area contributed by atoms with E-state index in [1.807, 2.05) is 37.3 Å². The summed E-state index contributed by atoms with van der Waals surface area (Å²) in [7, 11) is 0. The number of hydrogen-bond donors (Lipinski definition) is 2. The summed E-state index contributed by atoms with van der Waals surface area (Å²) in [6.07, 6.45) is 0.725. The second kappa shape index (κ2) is 7.34. The van der Waals surface area contributed by atoms with Crippen LogP contribution in [0.4, 0.5) is 10.5 Å². The van der Waals surface area contributed by atoms with Crippen molar-refractivity contribution in [1.29, 1.82) is 0 Å². The Morgan fingerprint density at radius 3 is 2.67 bits per heavy atom. The predicted octanol–water partition coefficient (Wildman–Crippen LogP) is 4.67. The van der Waals surface area contributed by atoms with Crippen LogP contribution in [0.5, 0.6) is 0 Å². The third kappa shape index (κ3) is 4.66. The van der Waals surface area contributed by atoms with Gasteiger partial charge in [0, 0.05) is 22.3 Å². The highest BCUT2D eigenvalue weighted by molar-refractivity contribution is 6.31. The highest BCUT2D eigenvalue weighted by atomic mass is 35.5. The van der Waals surface area contributed by atoms with Crippen molar-refractivity contribution in [3.8, 4) is 0 Å². The van der Waals surface area contributed by atoms with Gasteiger partial charge in [-0.15, -0.1) is 0 Å². The van der Waals surface area contributed by atoms with E-state index < -0.39 is 0 Å². The number of carbonyl (C=O) groups is 1. The van der Waals surface area contributed by atoms with Crippen molar-refractivity contribution in [3.05, 3.63) is 63.6 Å². The molecule has 2 N–H and O–H groups in total. The molecular formula is C16H16Cl2N2O. The SMILES string of the molecule is Cc1c(Cl)cccc1NC(=O)NCCc1cccc(Cl)c1. The second-order valence-electron chi connectivity index (χ2n) is 4.67. The number of carbonyl (C=O) groups excluding carboxylic acids is 1. The van der Waals surface area contributed by atoms with Gasteiger partial charge in [0.2, 0.25) is 0 Å². The summed E-state index contributed by atoms with van der Waals surface area (Å²) >= 11 is 11.9. The van der Waals surface area contributed by atoms with Gasteiger partial charge in [-0.1, -0.05) is 41.4 Å². The Hall–Kier alpha value is -1.71. The van der Waals surface area contributed by atoms with Gasteiger partial charge in [-0.05, 0) is 48.7 Å². The van der Waals surface area contributed by atoms with Crippen LogP contribution >= 0.6 is 23.2 Å². The van der Waals surface area contributed by atoms with Crippen LogP contribution in [0.15, 0.2) is 42.5 Å². The van der Waals surface area contributed by atoms with Crippen LogP contribution in [0.3, 0.4) is 0 Å². The van der Waals surface area contributed by atoms with E-state index in [-0.39, 0.29) is 6.03 Å². The van der Waals surface area contributed by atoms with E-state index in [0.29, 0.717) is 22.3 Å². The van der Waals surface area contributed by atoms with Gasteiger partial charge in [0.15, 0.2) is 0 Å². The molecule has 21 heavy (non-hydrogen) atoms. The Balaban J connectivity index is 1.84. The van der Waals surface area contributed by atoms with Crippen molar-refractivity contribution < 1.29 is 4.79 Å². The Kier molecular flexibility index (Phi) is 5.48. The molecule has 2 aromatic rings. The minimum Gasteiger partial charge on any atom is -0.338 e. The summed E-state index contributed by atoms with van der Waals surface area (Å²) in [6, 6.07) is 12.8. The van der Waals surface area contributed by atoms with Gasteiger partial charge in [0.05, 0.1) is 0 Å². The topological polar surface area (TPSA) is 41.1 Å². The highest BCUT2D eigenvalue weighted by Gasteiger charge is 2.06. The number of nitrogens with one attached hydrogen (secondary N) is 2. The normalized spacial score (nSPS) is 10.2. The van der Waals surface area contributed by atoms with E-state index in [2.05, 4.69) is 10.6 Å². The number of hydrogen-bond acceptors (Lipinski definition) is 1. The number of amides is 2. The molecule has 0 spiro atoms. The van der Waals surface area contributed by atoms with Crippen LogP contribution in [0, 0.1) is 6.92 Å². The minimum absolute atomic E-state index is 0.248. The van der Waals surface area contributed by atoms with Crippen molar-refractivity contribution in [2.45, 2.75) is 13.3 Å². The molecule has 0 bridgehead atoms. The summed E-state index contributed by atoms with van der Waals surface area (Å²) in [5.41, 5.74) is 2.65. The third-order valence-electron chi connectivity index (χ3n) is 3.10. The molecule has 5 heteroatoms. The molecule has 3 nitrogen and oxygen atoms in total. The molecule has 0 aliphatic rings. The van der Waals surface area contributed by atoms with Crippen molar-refractivity contribution in [2.24, 2.45) is 0 Å². The minimum atomic E-state index is -0.248. The largest absolute Gasteiger partial charge is 0.338 e. The fourth-order valence-corrected chi connectivity index (χ4v) is 2.31. The molecule has 0 fully saturated rings. The second-order valence-corrected chi connectivity index (χ2v) is 5.52. The molecule has 0 heterocycles. The zero-order valence-corrected chi connectivity index (χ0v) is 13.1. The maximum absolute atomic E-state index is 11.8. The van der Waals surface area contributed by atoms with Crippen LogP contribution in [0.1, 0.15) is 11.1 Å². The zero-order chi connectivity index (χ0) is 15.2. The molecular weight excluding hydrogens is 307 g/mol. The van der Waals surface area contributed by atoms with E-state index in [4.69, 9.17) is 23.2 Å². The molecule has 2 aromatic carbocycles. The number of benzene rings is 2. The first-order valence-corrected chi connectivity index (χ1v) is 7.36. The molecule has 0 radical (unpaired) electrons. The molecule has 0 atom stereocenters. The lowest BCUT2D eigenvalue weighted by Gasteiger charge is -2.10. The van der Waals surface area contributed by atoms with E-state index in [9.17, 15) is 4.79 Å². The lowest BCUT2D eigenvalue weighted by Crippen LogP contribution is -2.30. The fraction of sp³-hybridized carbons (Fsp3) is 0.188. The van der Waals surface area contributed by atoms with E-state index in [1.165, 1.54) is 0 Å². The molecule has 110 valence electrons. The first-order chi connectivity index (χ1) is 10.1. The first-order valence-electron chi connectivity index (χ1n) is 6.60. The predicted molar refractivity (Wildman–Crippen MR) is 88.4 cm³/mol. The number of rotatable bonds is 4. The van der Waals surface area contributed by atoms with Crippen LogP contribution in [0.2, 0.25) is 10.0 Å². The first kappa shape index (κ1) is 15.7. The lowest BCUT2D eigenvalue weighted by molar-refractivity contribution is 0.252. The van der Waals surface area contributed by atoms with E-state index in [0.717, 1.165) is 17.5 Å². The average molecular weight is 323 g/mol. The molecule has 0 aliphatic carbocycles. The molecule has 0 unspecified atom stereocenters. The van der Waals surface area contributed by atoms with Crippen molar-refractivity contribution in [2.75, 3.05) is 11.9 Å². The molecule has 2 rings (SSSR count). The summed E-state index contributed by atoms with van der Waals surface area (Å²) in [5, 5.41) is 6.93. The maximum atomic E-state index is 11.8. The molecule has 0 saturated heterocycles.